The Labute approximate surface area is 305 Å². The molecule has 0 radical (unpaired) electrons. The highest BCUT2D eigenvalue weighted by atomic mass is 32.2. The molecule has 1 saturated carbocycles. The van der Waals surface area contributed by atoms with Crippen molar-refractivity contribution in [3.05, 3.63) is 88.9 Å². The lowest BCUT2D eigenvalue weighted by Gasteiger charge is -2.26. The molecule has 1 aliphatic carbocycles. The summed E-state index contributed by atoms with van der Waals surface area (Å²) in [5.41, 5.74) is 0.578. The summed E-state index contributed by atoms with van der Waals surface area (Å²) >= 11 is 1.49. The van der Waals surface area contributed by atoms with Gasteiger partial charge in [-0.25, -0.2) is 18.4 Å². The molecule has 2 aromatic heterocycles. The largest absolute Gasteiger partial charge is 0.491 e. The molecule has 2 heterocycles. The van der Waals surface area contributed by atoms with Gasteiger partial charge in [-0.05, 0) is 80.1 Å². The van der Waals surface area contributed by atoms with Crippen LogP contribution in [0.25, 0.3) is 10.6 Å². The van der Waals surface area contributed by atoms with E-state index in [4.69, 9.17) is 4.74 Å². The van der Waals surface area contributed by atoms with Crippen LogP contribution in [0.4, 0.5) is 24.8 Å². The number of nitrogens with zero attached hydrogens (tertiary/aromatic N) is 3. The van der Waals surface area contributed by atoms with Crippen LogP contribution in [-0.2, 0) is 22.7 Å². The average molecular weight is 761 g/mol. The first-order chi connectivity index (χ1) is 24.6. The number of amides is 1. The summed E-state index contributed by atoms with van der Waals surface area (Å²) in [6.07, 6.45) is -2.98. The van der Waals surface area contributed by atoms with Gasteiger partial charge in [0.1, 0.15) is 29.0 Å². The second-order valence-electron chi connectivity index (χ2n) is 13.2. The van der Waals surface area contributed by atoms with Crippen molar-refractivity contribution in [2.75, 3.05) is 36.4 Å². The lowest BCUT2D eigenvalue weighted by atomic mass is 10.1. The monoisotopic (exact) mass is 760 g/mol. The number of hydrogen-bond acceptors (Lipinski definition) is 10. The minimum absolute atomic E-state index is 0.0275. The molecule has 52 heavy (non-hydrogen) atoms. The Balaban J connectivity index is 1.35. The second kappa shape index (κ2) is 16.6. The number of carbonyl (C=O) groups is 1. The standard InChI is InChI=1S/C36H43F3N6O5S2/c1-22(2)52(48,49)45(4)33-17-26(16-32(44-33)42-19-27-14-23(27)3)34(47)43-30(21-50-29-10-8-25(9-11-29)35-41-12-13-51-35)31(46)20-40-18-24-6-5-7-28(15-24)36(37,38)39/h5-13,15-17,22-23,27,30-31,40,46H,14,18-21H2,1-4H3,(H,42,44)(H,43,47). The van der Waals surface area contributed by atoms with E-state index in [0.717, 1.165) is 33.4 Å². The van der Waals surface area contributed by atoms with Gasteiger partial charge in [-0.2, -0.15) is 13.2 Å². The number of thiazole rings is 1. The van der Waals surface area contributed by atoms with E-state index in [9.17, 15) is 31.5 Å². The van der Waals surface area contributed by atoms with Gasteiger partial charge in [0.15, 0.2) is 0 Å². The van der Waals surface area contributed by atoms with Crippen LogP contribution in [0.3, 0.4) is 0 Å². The molecule has 4 aromatic rings. The number of hydrogen-bond donors (Lipinski definition) is 4. The third-order valence-corrected chi connectivity index (χ3v) is 11.8. The van der Waals surface area contributed by atoms with Gasteiger partial charge in [-0.1, -0.05) is 25.1 Å². The van der Waals surface area contributed by atoms with Crippen molar-refractivity contribution in [2.24, 2.45) is 11.8 Å². The molecule has 1 amide bonds. The molecule has 0 saturated heterocycles. The van der Waals surface area contributed by atoms with Gasteiger partial charge in [0.05, 0.1) is 23.0 Å². The maximum Gasteiger partial charge on any atom is 0.416 e. The predicted molar refractivity (Wildman–Crippen MR) is 196 cm³/mol. The van der Waals surface area contributed by atoms with Crippen LogP contribution in [0.1, 0.15) is 48.7 Å². The van der Waals surface area contributed by atoms with Crippen molar-refractivity contribution in [2.45, 2.75) is 57.3 Å². The van der Waals surface area contributed by atoms with Crippen LogP contribution < -0.4 is 25.0 Å². The molecule has 4 unspecified atom stereocenters. The van der Waals surface area contributed by atoms with Gasteiger partial charge < -0.3 is 25.8 Å². The summed E-state index contributed by atoms with van der Waals surface area (Å²) in [4.78, 5) is 22.6. The molecular weight excluding hydrogens is 718 g/mol. The highest BCUT2D eigenvalue weighted by Crippen LogP contribution is 2.37. The normalized spacial score (nSPS) is 17.0. The molecule has 0 aliphatic heterocycles. The average Bonchev–Trinajstić information content (AvgIpc) is 3.55. The first kappa shape index (κ1) is 39.0. The molecule has 280 valence electrons. The summed E-state index contributed by atoms with van der Waals surface area (Å²) in [5, 5.41) is 22.3. The van der Waals surface area contributed by atoms with Crippen molar-refractivity contribution in [1.82, 2.24) is 20.6 Å². The van der Waals surface area contributed by atoms with Crippen LogP contribution >= 0.6 is 11.3 Å². The number of carbonyl (C=O) groups excluding carboxylic acids is 1. The minimum atomic E-state index is -4.49. The number of halogens is 3. The number of rotatable bonds is 17. The summed E-state index contributed by atoms with van der Waals surface area (Å²) in [6.45, 7) is 5.60. The zero-order chi connectivity index (χ0) is 37.6. The zero-order valence-corrected chi connectivity index (χ0v) is 30.9. The SMILES string of the molecule is CC1CC1CNc1cc(C(=O)NC(COc2ccc(-c3nccs3)cc2)C(O)CNCc2cccc(C(F)(F)F)c2)cc(N(C)S(=O)(=O)C(C)C)n1. The Hall–Kier alpha value is -4.25. The lowest BCUT2D eigenvalue weighted by molar-refractivity contribution is -0.137. The van der Waals surface area contributed by atoms with E-state index < -0.39 is 45.1 Å². The van der Waals surface area contributed by atoms with E-state index in [1.165, 1.54) is 36.6 Å². The van der Waals surface area contributed by atoms with E-state index in [1.54, 1.807) is 38.2 Å². The zero-order valence-electron chi connectivity index (χ0n) is 29.2. The Kier molecular flexibility index (Phi) is 12.4. The van der Waals surface area contributed by atoms with Crippen molar-refractivity contribution in [1.29, 1.82) is 0 Å². The molecule has 0 spiro atoms. The summed E-state index contributed by atoms with van der Waals surface area (Å²) < 4.78 is 72.8. The highest BCUT2D eigenvalue weighted by molar-refractivity contribution is 7.93. The third kappa shape index (κ3) is 10.2. The number of aliphatic hydroxyl groups is 1. The fourth-order valence-corrected chi connectivity index (χ4v) is 7.01. The topological polar surface area (TPSA) is 146 Å². The molecule has 1 aliphatic rings. The number of anilines is 2. The molecule has 5 rings (SSSR count). The van der Waals surface area contributed by atoms with Crippen LogP contribution in [0.2, 0.25) is 0 Å². The summed E-state index contributed by atoms with van der Waals surface area (Å²) in [5.74, 6) is 1.21. The van der Waals surface area contributed by atoms with E-state index in [0.29, 0.717) is 35.5 Å². The Morgan fingerprint density at radius 1 is 1.13 bits per heavy atom. The number of alkyl halides is 3. The maximum atomic E-state index is 13.9. The number of aliphatic hydroxyl groups excluding tert-OH is 1. The first-order valence-corrected chi connectivity index (χ1v) is 19.2. The van der Waals surface area contributed by atoms with Crippen molar-refractivity contribution < 1.29 is 36.2 Å². The Bertz CT molecular complexity index is 1910. The van der Waals surface area contributed by atoms with E-state index in [-0.39, 0.29) is 31.1 Å². The number of nitrogens with one attached hydrogen (secondary N) is 3. The van der Waals surface area contributed by atoms with Gasteiger partial charge in [0, 0.05) is 49.4 Å². The third-order valence-electron chi connectivity index (χ3n) is 8.88. The van der Waals surface area contributed by atoms with Gasteiger partial charge in [0.2, 0.25) is 10.0 Å². The molecule has 4 N–H and O–H groups in total. The molecule has 4 atom stereocenters. The van der Waals surface area contributed by atoms with Crippen LogP contribution in [0.15, 0.2) is 72.2 Å². The van der Waals surface area contributed by atoms with E-state index in [2.05, 4.69) is 32.8 Å². The first-order valence-electron chi connectivity index (χ1n) is 16.8. The molecule has 16 heteroatoms. The smallest absolute Gasteiger partial charge is 0.416 e. The number of pyridine rings is 1. The van der Waals surface area contributed by atoms with Crippen LogP contribution in [0.5, 0.6) is 5.75 Å². The fraction of sp³-hybridized carbons (Fsp3) is 0.417. The van der Waals surface area contributed by atoms with E-state index >= 15 is 0 Å². The molecule has 11 nitrogen and oxygen atoms in total. The summed E-state index contributed by atoms with van der Waals surface area (Å²) in [6, 6.07) is 13.9. The van der Waals surface area contributed by atoms with Gasteiger partial charge in [-0.15, -0.1) is 11.3 Å². The van der Waals surface area contributed by atoms with E-state index in [1.807, 2.05) is 17.5 Å². The fourth-order valence-electron chi connectivity index (χ4n) is 5.38. The van der Waals surface area contributed by atoms with Crippen LogP contribution in [0, 0.1) is 11.8 Å². The minimum Gasteiger partial charge on any atom is -0.491 e. The van der Waals surface area contributed by atoms with Crippen molar-refractivity contribution >= 4 is 38.9 Å². The van der Waals surface area contributed by atoms with Gasteiger partial charge in [0.25, 0.3) is 5.91 Å². The molecule has 1 fully saturated rings. The lowest BCUT2D eigenvalue weighted by Crippen LogP contribution is -2.50. The maximum absolute atomic E-state index is 13.9. The van der Waals surface area contributed by atoms with Crippen LogP contribution in [-0.4, -0.2) is 73.5 Å². The predicted octanol–water partition coefficient (Wildman–Crippen LogP) is 5.79. The molecular formula is C36H43F3N6O5S2. The number of benzene rings is 2. The molecule has 0 bridgehead atoms. The Morgan fingerprint density at radius 2 is 1.87 bits per heavy atom. The quantitative estimate of drug-likeness (QED) is 0.105. The van der Waals surface area contributed by atoms with Gasteiger partial charge >= 0.3 is 6.18 Å². The highest BCUT2D eigenvalue weighted by Gasteiger charge is 2.33. The summed E-state index contributed by atoms with van der Waals surface area (Å²) in [7, 11) is -2.40. The van der Waals surface area contributed by atoms with Crippen molar-refractivity contribution in [3.8, 4) is 16.3 Å². The van der Waals surface area contributed by atoms with Gasteiger partial charge in [-0.3, -0.25) is 9.10 Å². The Morgan fingerprint density at radius 3 is 2.50 bits per heavy atom. The number of sulfonamides is 1. The van der Waals surface area contributed by atoms with Crippen molar-refractivity contribution in [3.63, 3.8) is 0 Å². The second-order valence-corrected chi connectivity index (χ2v) is 16.6. The number of aromatic nitrogens is 2. The number of ether oxygens (including phenoxy) is 1. The molecule has 2 aromatic carbocycles.